The van der Waals surface area contributed by atoms with E-state index in [1.54, 1.807) is 17.9 Å². The van der Waals surface area contributed by atoms with Crippen LogP contribution < -0.4 is 0 Å². The first-order valence-electron chi connectivity index (χ1n) is 5.95. The van der Waals surface area contributed by atoms with Gasteiger partial charge in [-0.15, -0.1) is 0 Å². The molecule has 1 aromatic heterocycles. The Balaban J connectivity index is 2.39. The van der Waals surface area contributed by atoms with E-state index in [0.717, 1.165) is 5.56 Å². The van der Waals surface area contributed by atoms with Crippen LogP contribution in [0.4, 0.5) is 0 Å². The minimum absolute atomic E-state index is 0.114. The van der Waals surface area contributed by atoms with E-state index in [9.17, 15) is 4.79 Å². The molecule has 2 aromatic rings. The van der Waals surface area contributed by atoms with Crippen molar-refractivity contribution in [2.45, 2.75) is 13.5 Å². The molecule has 0 saturated carbocycles. The SMILES string of the molecule is COCCn1ncc(Cl)c1C(=O)c1ccccc1C. The number of aromatic nitrogens is 2. The van der Waals surface area contributed by atoms with Crippen molar-refractivity contribution < 1.29 is 9.53 Å². The van der Waals surface area contributed by atoms with Gasteiger partial charge in [0, 0.05) is 12.7 Å². The van der Waals surface area contributed by atoms with E-state index in [1.807, 2.05) is 25.1 Å². The lowest BCUT2D eigenvalue weighted by Crippen LogP contribution is -2.15. The predicted octanol–water partition coefficient (Wildman–Crippen LogP) is 2.72. The van der Waals surface area contributed by atoms with E-state index in [1.165, 1.54) is 6.20 Å². The molecule has 0 saturated heterocycles. The van der Waals surface area contributed by atoms with Crippen LogP contribution in [-0.4, -0.2) is 29.3 Å². The Labute approximate surface area is 116 Å². The molecule has 0 aliphatic heterocycles. The number of nitrogens with zero attached hydrogens (tertiary/aromatic N) is 2. The van der Waals surface area contributed by atoms with Crippen LogP contribution >= 0.6 is 11.6 Å². The molecule has 5 heteroatoms. The molecular weight excluding hydrogens is 264 g/mol. The van der Waals surface area contributed by atoms with E-state index < -0.39 is 0 Å². The third-order valence-electron chi connectivity index (χ3n) is 2.91. The molecule has 0 atom stereocenters. The zero-order chi connectivity index (χ0) is 13.8. The van der Waals surface area contributed by atoms with Gasteiger partial charge in [0.2, 0.25) is 5.78 Å². The molecule has 0 amide bonds. The van der Waals surface area contributed by atoms with Gasteiger partial charge in [0.15, 0.2) is 0 Å². The van der Waals surface area contributed by atoms with E-state index in [4.69, 9.17) is 16.3 Å². The Hall–Kier alpha value is -1.65. The van der Waals surface area contributed by atoms with E-state index in [-0.39, 0.29) is 5.78 Å². The molecule has 0 unspecified atom stereocenters. The Kier molecular flexibility index (Phi) is 4.35. The lowest BCUT2D eigenvalue weighted by Gasteiger charge is -2.08. The van der Waals surface area contributed by atoms with Gasteiger partial charge >= 0.3 is 0 Å². The second kappa shape index (κ2) is 5.99. The number of carbonyl (C=O) groups excluding carboxylic acids is 1. The number of carbonyl (C=O) groups is 1. The van der Waals surface area contributed by atoms with Gasteiger partial charge in [0.25, 0.3) is 0 Å². The Morgan fingerprint density at radius 1 is 1.42 bits per heavy atom. The number of rotatable bonds is 5. The van der Waals surface area contributed by atoms with Crippen molar-refractivity contribution >= 4 is 17.4 Å². The Morgan fingerprint density at radius 2 is 2.16 bits per heavy atom. The second-order valence-electron chi connectivity index (χ2n) is 4.20. The van der Waals surface area contributed by atoms with E-state index in [0.29, 0.717) is 29.4 Å². The molecule has 0 fully saturated rings. The maximum Gasteiger partial charge on any atom is 0.212 e. The summed E-state index contributed by atoms with van der Waals surface area (Å²) in [4.78, 5) is 12.5. The molecule has 0 spiro atoms. The molecule has 0 radical (unpaired) electrons. The first kappa shape index (κ1) is 13.8. The summed E-state index contributed by atoms with van der Waals surface area (Å²) < 4.78 is 6.59. The third-order valence-corrected chi connectivity index (χ3v) is 3.18. The van der Waals surface area contributed by atoms with Crippen molar-refractivity contribution in [1.82, 2.24) is 9.78 Å². The lowest BCUT2D eigenvalue weighted by atomic mass is 10.0. The summed E-state index contributed by atoms with van der Waals surface area (Å²) in [7, 11) is 1.61. The molecule has 4 nitrogen and oxygen atoms in total. The first-order chi connectivity index (χ1) is 9.15. The number of hydrogen-bond acceptors (Lipinski definition) is 3. The molecular formula is C14H15ClN2O2. The van der Waals surface area contributed by atoms with Crippen molar-refractivity contribution in [2.24, 2.45) is 0 Å². The Morgan fingerprint density at radius 3 is 2.84 bits per heavy atom. The van der Waals surface area contributed by atoms with Crippen LogP contribution in [-0.2, 0) is 11.3 Å². The summed E-state index contributed by atoms with van der Waals surface area (Å²) in [5.41, 5.74) is 1.97. The van der Waals surface area contributed by atoms with Gasteiger partial charge in [-0.05, 0) is 12.5 Å². The number of hydrogen-bond donors (Lipinski definition) is 0. The maximum atomic E-state index is 12.5. The number of ketones is 1. The highest BCUT2D eigenvalue weighted by Gasteiger charge is 2.20. The normalized spacial score (nSPS) is 10.7. The zero-order valence-electron chi connectivity index (χ0n) is 10.9. The van der Waals surface area contributed by atoms with Gasteiger partial charge in [-0.2, -0.15) is 5.10 Å². The first-order valence-corrected chi connectivity index (χ1v) is 6.33. The predicted molar refractivity (Wildman–Crippen MR) is 73.7 cm³/mol. The van der Waals surface area contributed by atoms with Crippen LogP contribution in [0.15, 0.2) is 30.5 Å². The van der Waals surface area contributed by atoms with Crippen molar-refractivity contribution in [2.75, 3.05) is 13.7 Å². The summed E-state index contributed by atoms with van der Waals surface area (Å²) >= 11 is 6.08. The highest BCUT2D eigenvalue weighted by molar-refractivity contribution is 6.34. The number of halogens is 1. The number of benzene rings is 1. The van der Waals surface area contributed by atoms with Crippen molar-refractivity contribution in [3.05, 3.63) is 52.3 Å². The van der Waals surface area contributed by atoms with Crippen LogP contribution in [0.1, 0.15) is 21.6 Å². The summed E-state index contributed by atoms with van der Waals surface area (Å²) in [5, 5.41) is 4.48. The average molecular weight is 279 g/mol. The van der Waals surface area contributed by atoms with Gasteiger partial charge in [0.1, 0.15) is 5.69 Å². The zero-order valence-corrected chi connectivity index (χ0v) is 11.6. The smallest absolute Gasteiger partial charge is 0.212 e. The number of aryl methyl sites for hydroxylation is 1. The largest absolute Gasteiger partial charge is 0.383 e. The molecule has 1 aromatic carbocycles. The minimum Gasteiger partial charge on any atom is -0.383 e. The summed E-state index contributed by atoms with van der Waals surface area (Å²) in [6.07, 6.45) is 1.49. The topological polar surface area (TPSA) is 44.1 Å². The number of methoxy groups -OCH3 is 1. The average Bonchev–Trinajstić information content (AvgIpc) is 2.77. The van der Waals surface area contributed by atoms with E-state index in [2.05, 4.69) is 5.10 Å². The fourth-order valence-electron chi connectivity index (χ4n) is 1.89. The van der Waals surface area contributed by atoms with Crippen LogP contribution in [0, 0.1) is 6.92 Å². The molecule has 0 aliphatic carbocycles. The monoisotopic (exact) mass is 278 g/mol. The quantitative estimate of drug-likeness (QED) is 0.790. The van der Waals surface area contributed by atoms with Gasteiger partial charge in [-0.25, -0.2) is 0 Å². The molecule has 1 heterocycles. The highest BCUT2D eigenvalue weighted by Crippen LogP contribution is 2.21. The molecule has 0 N–H and O–H groups in total. The summed E-state index contributed by atoms with van der Waals surface area (Å²) in [5.74, 6) is -0.114. The summed E-state index contributed by atoms with van der Waals surface area (Å²) in [6, 6.07) is 7.43. The minimum atomic E-state index is -0.114. The van der Waals surface area contributed by atoms with Crippen LogP contribution in [0.2, 0.25) is 5.02 Å². The molecule has 0 aliphatic rings. The molecule has 100 valence electrons. The van der Waals surface area contributed by atoms with E-state index >= 15 is 0 Å². The maximum absolute atomic E-state index is 12.5. The van der Waals surface area contributed by atoms with Crippen LogP contribution in [0.25, 0.3) is 0 Å². The second-order valence-corrected chi connectivity index (χ2v) is 4.61. The van der Waals surface area contributed by atoms with Gasteiger partial charge in [0.05, 0.1) is 24.4 Å². The van der Waals surface area contributed by atoms with Gasteiger partial charge in [-0.3, -0.25) is 9.48 Å². The van der Waals surface area contributed by atoms with Crippen molar-refractivity contribution in [3.8, 4) is 0 Å². The standard InChI is InChI=1S/C14H15ClN2O2/c1-10-5-3-4-6-11(10)14(18)13-12(15)9-16-17(13)7-8-19-2/h3-6,9H,7-8H2,1-2H3. The third kappa shape index (κ3) is 2.85. The molecule has 0 bridgehead atoms. The van der Waals surface area contributed by atoms with Crippen LogP contribution in [0.5, 0.6) is 0 Å². The number of ether oxygens (including phenoxy) is 1. The molecule has 19 heavy (non-hydrogen) atoms. The molecule has 2 rings (SSSR count). The fourth-order valence-corrected chi connectivity index (χ4v) is 2.12. The van der Waals surface area contributed by atoms with Crippen molar-refractivity contribution in [3.63, 3.8) is 0 Å². The van der Waals surface area contributed by atoms with Gasteiger partial charge in [-0.1, -0.05) is 35.9 Å². The Bertz CT molecular complexity index is 593. The van der Waals surface area contributed by atoms with Crippen LogP contribution in [0.3, 0.4) is 0 Å². The highest BCUT2D eigenvalue weighted by atomic mass is 35.5. The fraction of sp³-hybridized carbons (Fsp3) is 0.286. The van der Waals surface area contributed by atoms with Gasteiger partial charge < -0.3 is 4.74 Å². The lowest BCUT2D eigenvalue weighted by molar-refractivity contribution is 0.102. The summed E-state index contributed by atoms with van der Waals surface area (Å²) in [6.45, 7) is 2.87. The van der Waals surface area contributed by atoms with Crippen molar-refractivity contribution in [1.29, 1.82) is 0 Å².